The first-order valence-electron chi connectivity index (χ1n) is 7.78. The van der Waals surface area contributed by atoms with Crippen LogP contribution in [-0.4, -0.2) is 22.7 Å². The van der Waals surface area contributed by atoms with Gasteiger partial charge < -0.3 is 20.9 Å². The van der Waals surface area contributed by atoms with Crippen LogP contribution in [0.15, 0.2) is 4.52 Å². The van der Waals surface area contributed by atoms with Crippen molar-refractivity contribution in [1.29, 1.82) is 0 Å². The van der Waals surface area contributed by atoms with E-state index in [-0.39, 0.29) is 6.03 Å². The monoisotopic (exact) mass is 293 g/mol. The molecule has 2 saturated carbocycles. The summed E-state index contributed by atoms with van der Waals surface area (Å²) in [5.74, 6) is 1.07. The molecule has 4 N–H and O–H groups in total. The van der Waals surface area contributed by atoms with Crippen molar-refractivity contribution in [1.82, 2.24) is 20.8 Å². The van der Waals surface area contributed by atoms with E-state index in [0.29, 0.717) is 18.3 Å². The number of aromatic nitrogens is 2. The van der Waals surface area contributed by atoms with Crippen molar-refractivity contribution >= 4 is 6.03 Å². The number of nitrogens with two attached hydrogens (primary N) is 1. The van der Waals surface area contributed by atoms with Crippen molar-refractivity contribution in [2.75, 3.05) is 6.54 Å². The molecule has 0 aromatic carbocycles. The van der Waals surface area contributed by atoms with Gasteiger partial charge in [0.15, 0.2) is 5.82 Å². The number of hydrogen-bond donors (Lipinski definition) is 3. The first-order chi connectivity index (χ1) is 10.1. The van der Waals surface area contributed by atoms with E-state index in [1.165, 1.54) is 0 Å². The number of rotatable bonds is 4. The van der Waals surface area contributed by atoms with Crippen LogP contribution in [0.1, 0.15) is 63.6 Å². The zero-order chi connectivity index (χ0) is 14.9. The van der Waals surface area contributed by atoms with Crippen LogP contribution in [-0.2, 0) is 11.1 Å². The predicted octanol–water partition coefficient (Wildman–Crippen LogP) is 1.50. The van der Waals surface area contributed by atoms with E-state index in [9.17, 15) is 4.79 Å². The summed E-state index contributed by atoms with van der Waals surface area (Å²) in [6, 6.07) is -0.190. The second-order valence-corrected chi connectivity index (χ2v) is 6.21. The maximum absolute atomic E-state index is 11.9. The van der Waals surface area contributed by atoms with E-state index in [2.05, 4.69) is 20.8 Å². The van der Waals surface area contributed by atoms with Crippen molar-refractivity contribution in [3.05, 3.63) is 11.7 Å². The molecule has 1 aromatic rings. The highest BCUT2D eigenvalue weighted by Crippen LogP contribution is 2.41. The van der Waals surface area contributed by atoms with Crippen molar-refractivity contribution in [3.63, 3.8) is 0 Å². The first kappa shape index (κ1) is 14.3. The highest BCUT2D eigenvalue weighted by atomic mass is 16.5. The largest absolute Gasteiger partial charge is 0.338 e. The molecule has 7 nitrogen and oxygen atoms in total. The van der Waals surface area contributed by atoms with Gasteiger partial charge in [-0.25, -0.2) is 4.79 Å². The molecule has 0 radical (unpaired) electrons. The Labute approximate surface area is 124 Å². The average molecular weight is 293 g/mol. The van der Waals surface area contributed by atoms with Crippen LogP contribution in [0.25, 0.3) is 0 Å². The molecular weight excluding hydrogens is 270 g/mol. The zero-order valence-corrected chi connectivity index (χ0v) is 12.4. The SMILES string of the molecule is CCNC(=O)NC1(c2nc(C3(N)CCC3)no2)CCCC1. The van der Waals surface area contributed by atoms with Gasteiger partial charge in [0.2, 0.25) is 0 Å². The number of carbonyl (C=O) groups excluding carboxylic acids is 1. The molecule has 0 spiro atoms. The van der Waals surface area contributed by atoms with Crippen molar-refractivity contribution < 1.29 is 9.32 Å². The molecule has 21 heavy (non-hydrogen) atoms. The Hall–Kier alpha value is -1.63. The van der Waals surface area contributed by atoms with Crippen molar-refractivity contribution in [2.45, 2.75) is 62.9 Å². The summed E-state index contributed by atoms with van der Waals surface area (Å²) in [4.78, 5) is 16.4. The second-order valence-electron chi connectivity index (χ2n) is 6.21. The molecule has 2 aliphatic carbocycles. The molecule has 2 aliphatic rings. The number of nitrogens with one attached hydrogen (secondary N) is 2. The van der Waals surface area contributed by atoms with Crippen molar-refractivity contribution in [3.8, 4) is 0 Å². The first-order valence-corrected chi connectivity index (χ1v) is 7.78. The summed E-state index contributed by atoms with van der Waals surface area (Å²) in [6.07, 6.45) is 6.61. The molecule has 7 heteroatoms. The molecule has 0 unspecified atom stereocenters. The molecule has 2 amide bonds. The normalized spacial score (nSPS) is 22.6. The second kappa shape index (κ2) is 5.29. The third-order valence-electron chi connectivity index (χ3n) is 4.67. The van der Waals surface area contributed by atoms with E-state index in [4.69, 9.17) is 10.3 Å². The maximum Gasteiger partial charge on any atom is 0.315 e. The Morgan fingerprint density at radius 2 is 2.00 bits per heavy atom. The Bertz CT molecular complexity index is 517. The van der Waals surface area contributed by atoms with Gasteiger partial charge in [0.05, 0.1) is 5.54 Å². The van der Waals surface area contributed by atoms with Gasteiger partial charge in [0.25, 0.3) is 5.89 Å². The van der Waals surface area contributed by atoms with Gasteiger partial charge in [0, 0.05) is 6.54 Å². The van der Waals surface area contributed by atoms with Crippen LogP contribution in [0, 0.1) is 0 Å². The van der Waals surface area contributed by atoms with Gasteiger partial charge in [-0.2, -0.15) is 4.98 Å². The summed E-state index contributed by atoms with van der Waals surface area (Å²) in [5.41, 5.74) is 5.27. The fourth-order valence-corrected chi connectivity index (χ4v) is 3.19. The number of nitrogens with zero attached hydrogens (tertiary/aromatic N) is 2. The van der Waals surface area contributed by atoms with Crippen molar-refractivity contribution in [2.24, 2.45) is 5.73 Å². The van der Waals surface area contributed by atoms with Crippen LogP contribution in [0.2, 0.25) is 0 Å². The molecule has 1 heterocycles. The predicted molar refractivity (Wildman–Crippen MR) is 76.4 cm³/mol. The molecule has 2 fully saturated rings. The highest BCUT2D eigenvalue weighted by molar-refractivity contribution is 5.74. The standard InChI is InChI=1S/C14H23N5O2/c1-2-16-12(20)18-14(8-3-4-9-14)11-17-10(19-21-11)13(15)6-5-7-13/h2-9,15H2,1H3,(H2,16,18,20). The molecule has 0 atom stereocenters. The fraction of sp³-hybridized carbons (Fsp3) is 0.786. The van der Waals surface area contributed by atoms with Crippen LogP contribution in [0.3, 0.4) is 0 Å². The van der Waals surface area contributed by atoms with Crippen LogP contribution < -0.4 is 16.4 Å². The summed E-state index contributed by atoms with van der Waals surface area (Å²) in [7, 11) is 0. The van der Waals surface area contributed by atoms with Gasteiger partial charge in [-0.1, -0.05) is 18.0 Å². The van der Waals surface area contributed by atoms with E-state index < -0.39 is 11.1 Å². The summed E-state index contributed by atoms with van der Waals surface area (Å²) >= 11 is 0. The quantitative estimate of drug-likeness (QED) is 0.780. The molecular formula is C14H23N5O2. The fourth-order valence-electron chi connectivity index (χ4n) is 3.19. The summed E-state index contributed by atoms with van der Waals surface area (Å²) in [5, 5.41) is 9.86. The van der Waals surface area contributed by atoms with E-state index in [1.54, 1.807) is 0 Å². The third kappa shape index (κ3) is 2.50. The summed E-state index contributed by atoms with van der Waals surface area (Å²) in [6.45, 7) is 2.48. The lowest BCUT2D eigenvalue weighted by molar-refractivity contribution is 0.203. The minimum absolute atomic E-state index is 0.190. The number of carbonyl (C=O) groups is 1. The third-order valence-corrected chi connectivity index (χ3v) is 4.67. The molecule has 0 bridgehead atoms. The smallest absolute Gasteiger partial charge is 0.315 e. The number of hydrogen-bond acceptors (Lipinski definition) is 5. The van der Waals surface area contributed by atoms with E-state index >= 15 is 0 Å². The summed E-state index contributed by atoms with van der Waals surface area (Å²) < 4.78 is 5.47. The van der Waals surface area contributed by atoms with E-state index in [0.717, 1.165) is 44.9 Å². The average Bonchev–Trinajstić information content (AvgIpc) is 3.05. The molecule has 0 saturated heterocycles. The highest BCUT2D eigenvalue weighted by Gasteiger charge is 2.45. The van der Waals surface area contributed by atoms with Gasteiger partial charge >= 0.3 is 6.03 Å². The van der Waals surface area contributed by atoms with Gasteiger partial charge in [0.1, 0.15) is 5.54 Å². The maximum atomic E-state index is 11.9. The van der Waals surface area contributed by atoms with Gasteiger partial charge in [-0.15, -0.1) is 0 Å². The lowest BCUT2D eigenvalue weighted by Crippen LogP contribution is -2.49. The number of urea groups is 1. The van der Waals surface area contributed by atoms with Gasteiger partial charge in [-0.3, -0.25) is 0 Å². The molecule has 0 aliphatic heterocycles. The Morgan fingerprint density at radius 3 is 2.57 bits per heavy atom. The number of amides is 2. The topological polar surface area (TPSA) is 106 Å². The Morgan fingerprint density at radius 1 is 1.29 bits per heavy atom. The molecule has 1 aromatic heterocycles. The molecule has 3 rings (SSSR count). The van der Waals surface area contributed by atoms with Crippen LogP contribution >= 0.6 is 0 Å². The molecule has 116 valence electrons. The Kier molecular flexibility index (Phi) is 3.61. The van der Waals surface area contributed by atoms with Crippen LogP contribution in [0.4, 0.5) is 4.79 Å². The van der Waals surface area contributed by atoms with Crippen LogP contribution in [0.5, 0.6) is 0 Å². The Balaban J connectivity index is 1.82. The zero-order valence-electron chi connectivity index (χ0n) is 12.4. The lowest BCUT2D eigenvalue weighted by atomic mass is 9.77. The van der Waals surface area contributed by atoms with Gasteiger partial charge in [-0.05, 0) is 39.0 Å². The lowest BCUT2D eigenvalue weighted by Gasteiger charge is -2.34. The minimum Gasteiger partial charge on any atom is -0.338 e. The minimum atomic E-state index is -0.537. The van der Waals surface area contributed by atoms with E-state index in [1.807, 2.05) is 6.92 Å².